The molecule has 2 atom stereocenters. The SMILES string of the molecule is C1CCNC1.NC(c1ccccc1)C(N)c1ccccc1. The molecule has 2 aromatic carbocycles. The highest BCUT2D eigenvalue weighted by atomic mass is 14.9. The molecule has 0 saturated carbocycles. The summed E-state index contributed by atoms with van der Waals surface area (Å²) in [6.45, 7) is 2.50. The van der Waals surface area contributed by atoms with Crippen LogP contribution in [0.25, 0.3) is 0 Å². The molecule has 3 rings (SSSR count). The fourth-order valence-electron chi connectivity index (χ4n) is 2.39. The Balaban J connectivity index is 0.000000272. The lowest BCUT2D eigenvalue weighted by molar-refractivity contribution is 0.574. The lowest BCUT2D eigenvalue weighted by Gasteiger charge is -2.20. The first-order valence-corrected chi connectivity index (χ1v) is 7.61. The first kappa shape index (κ1) is 15.7. The predicted octanol–water partition coefficient (Wildman–Crippen LogP) is 2.76. The summed E-state index contributed by atoms with van der Waals surface area (Å²) in [5.74, 6) is 0. The maximum atomic E-state index is 6.15. The van der Waals surface area contributed by atoms with Crippen molar-refractivity contribution in [3.05, 3.63) is 71.8 Å². The van der Waals surface area contributed by atoms with Crippen molar-refractivity contribution in [2.45, 2.75) is 24.9 Å². The summed E-state index contributed by atoms with van der Waals surface area (Å²) in [5, 5.41) is 3.22. The number of benzene rings is 2. The van der Waals surface area contributed by atoms with E-state index in [2.05, 4.69) is 5.32 Å². The monoisotopic (exact) mass is 283 g/mol. The number of nitrogens with two attached hydrogens (primary N) is 2. The molecule has 0 spiro atoms. The van der Waals surface area contributed by atoms with Crippen LogP contribution in [0.15, 0.2) is 60.7 Å². The Bertz CT molecular complexity index is 443. The van der Waals surface area contributed by atoms with Gasteiger partial charge in [0.05, 0.1) is 0 Å². The standard InChI is InChI=1S/C14H16N2.C4H9N/c15-13(11-7-3-1-4-8-11)14(16)12-9-5-2-6-10-12;1-2-4-5-3-1/h1-10,13-14H,15-16H2;5H,1-4H2. The summed E-state index contributed by atoms with van der Waals surface area (Å²) in [6.07, 6.45) is 2.78. The molecular weight excluding hydrogens is 258 g/mol. The molecule has 1 saturated heterocycles. The van der Waals surface area contributed by atoms with Crippen LogP contribution in [0.3, 0.4) is 0 Å². The number of hydrogen-bond donors (Lipinski definition) is 3. The van der Waals surface area contributed by atoms with Gasteiger partial charge in [-0.05, 0) is 37.1 Å². The molecule has 3 nitrogen and oxygen atoms in total. The van der Waals surface area contributed by atoms with E-state index < -0.39 is 0 Å². The Morgan fingerprint density at radius 3 is 1.33 bits per heavy atom. The van der Waals surface area contributed by atoms with Crippen LogP contribution >= 0.6 is 0 Å². The molecule has 1 fully saturated rings. The maximum Gasteiger partial charge on any atom is 0.0491 e. The summed E-state index contributed by atoms with van der Waals surface area (Å²) < 4.78 is 0. The van der Waals surface area contributed by atoms with E-state index >= 15 is 0 Å². The highest BCUT2D eigenvalue weighted by Crippen LogP contribution is 2.23. The Kier molecular flexibility index (Phi) is 6.41. The van der Waals surface area contributed by atoms with Gasteiger partial charge in [0.15, 0.2) is 0 Å². The van der Waals surface area contributed by atoms with Gasteiger partial charge < -0.3 is 16.8 Å². The van der Waals surface area contributed by atoms with Crippen molar-refractivity contribution in [1.82, 2.24) is 5.32 Å². The van der Waals surface area contributed by atoms with E-state index in [1.807, 2.05) is 60.7 Å². The zero-order chi connectivity index (χ0) is 14.9. The Morgan fingerprint density at radius 1 is 0.667 bits per heavy atom. The number of rotatable bonds is 3. The molecule has 1 aliphatic rings. The van der Waals surface area contributed by atoms with E-state index in [9.17, 15) is 0 Å². The summed E-state index contributed by atoms with van der Waals surface area (Å²) in [6, 6.07) is 19.6. The van der Waals surface area contributed by atoms with Gasteiger partial charge in [-0.1, -0.05) is 60.7 Å². The number of nitrogens with one attached hydrogen (secondary N) is 1. The van der Waals surface area contributed by atoms with Crippen LogP contribution in [-0.4, -0.2) is 13.1 Å². The fourth-order valence-corrected chi connectivity index (χ4v) is 2.39. The molecule has 112 valence electrons. The Morgan fingerprint density at radius 2 is 1.05 bits per heavy atom. The molecule has 0 radical (unpaired) electrons. The molecule has 0 aromatic heterocycles. The zero-order valence-electron chi connectivity index (χ0n) is 12.4. The molecule has 1 aliphatic heterocycles. The first-order valence-electron chi connectivity index (χ1n) is 7.61. The van der Waals surface area contributed by atoms with E-state index in [-0.39, 0.29) is 12.1 Å². The maximum absolute atomic E-state index is 6.15. The van der Waals surface area contributed by atoms with Gasteiger partial charge in [0.25, 0.3) is 0 Å². The summed E-state index contributed by atoms with van der Waals surface area (Å²) >= 11 is 0. The average molecular weight is 283 g/mol. The molecule has 5 N–H and O–H groups in total. The third kappa shape index (κ3) is 4.97. The molecule has 0 amide bonds. The minimum Gasteiger partial charge on any atom is -0.322 e. The van der Waals surface area contributed by atoms with Gasteiger partial charge in [-0.15, -0.1) is 0 Å². The van der Waals surface area contributed by atoms with Gasteiger partial charge in [-0.2, -0.15) is 0 Å². The largest absolute Gasteiger partial charge is 0.322 e. The van der Waals surface area contributed by atoms with Crippen LogP contribution in [0.5, 0.6) is 0 Å². The van der Waals surface area contributed by atoms with E-state index in [1.54, 1.807) is 0 Å². The number of hydrogen-bond acceptors (Lipinski definition) is 3. The molecule has 3 heteroatoms. The lowest BCUT2D eigenvalue weighted by Crippen LogP contribution is -2.26. The Hall–Kier alpha value is -1.68. The second-order valence-corrected chi connectivity index (χ2v) is 5.33. The van der Waals surface area contributed by atoms with E-state index in [4.69, 9.17) is 11.5 Å². The van der Waals surface area contributed by atoms with Gasteiger partial charge in [-0.3, -0.25) is 0 Å². The van der Waals surface area contributed by atoms with Gasteiger partial charge in [-0.25, -0.2) is 0 Å². The normalized spacial score (nSPS) is 16.7. The summed E-state index contributed by atoms with van der Waals surface area (Å²) in [4.78, 5) is 0. The van der Waals surface area contributed by atoms with Crippen LogP contribution < -0.4 is 16.8 Å². The van der Waals surface area contributed by atoms with Gasteiger partial charge in [0, 0.05) is 12.1 Å². The Labute approximate surface area is 127 Å². The van der Waals surface area contributed by atoms with Crippen molar-refractivity contribution >= 4 is 0 Å². The van der Waals surface area contributed by atoms with Crippen molar-refractivity contribution < 1.29 is 0 Å². The van der Waals surface area contributed by atoms with Crippen LogP contribution in [0.1, 0.15) is 36.1 Å². The van der Waals surface area contributed by atoms with Gasteiger partial charge >= 0.3 is 0 Å². The van der Waals surface area contributed by atoms with Crippen LogP contribution in [0.4, 0.5) is 0 Å². The van der Waals surface area contributed by atoms with Crippen molar-refractivity contribution in [2.24, 2.45) is 11.5 Å². The molecule has 0 bridgehead atoms. The summed E-state index contributed by atoms with van der Waals surface area (Å²) in [7, 11) is 0. The second-order valence-electron chi connectivity index (χ2n) is 5.33. The second kappa shape index (κ2) is 8.57. The van der Waals surface area contributed by atoms with Crippen LogP contribution in [-0.2, 0) is 0 Å². The van der Waals surface area contributed by atoms with E-state index in [1.165, 1.54) is 25.9 Å². The third-order valence-corrected chi connectivity index (χ3v) is 3.71. The predicted molar refractivity (Wildman–Crippen MR) is 88.8 cm³/mol. The molecule has 1 heterocycles. The minimum atomic E-state index is -0.163. The molecule has 21 heavy (non-hydrogen) atoms. The lowest BCUT2D eigenvalue weighted by atomic mass is 9.95. The van der Waals surface area contributed by atoms with Gasteiger partial charge in [0.1, 0.15) is 0 Å². The quantitative estimate of drug-likeness (QED) is 0.811. The van der Waals surface area contributed by atoms with Crippen LogP contribution in [0.2, 0.25) is 0 Å². The fraction of sp³-hybridized carbons (Fsp3) is 0.333. The van der Waals surface area contributed by atoms with Crippen molar-refractivity contribution in [1.29, 1.82) is 0 Å². The minimum absolute atomic E-state index is 0.163. The molecular formula is C18H25N3. The van der Waals surface area contributed by atoms with Crippen molar-refractivity contribution in [3.63, 3.8) is 0 Å². The molecule has 2 unspecified atom stereocenters. The van der Waals surface area contributed by atoms with Crippen LogP contribution in [0, 0.1) is 0 Å². The molecule has 2 aromatic rings. The average Bonchev–Trinajstić information content (AvgIpc) is 3.15. The van der Waals surface area contributed by atoms with E-state index in [0.717, 1.165) is 11.1 Å². The van der Waals surface area contributed by atoms with Crippen molar-refractivity contribution in [3.8, 4) is 0 Å². The van der Waals surface area contributed by atoms with Gasteiger partial charge in [0.2, 0.25) is 0 Å². The highest BCUT2D eigenvalue weighted by Gasteiger charge is 2.16. The molecule has 0 aliphatic carbocycles. The highest BCUT2D eigenvalue weighted by molar-refractivity contribution is 5.26. The van der Waals surface area contributed by atoms with Crippen molar-refractivity contribution in [2.75, 3.05) is 13.1 Å². The first-order chi connectivity index (χ1) is 10.3. The summed E-state index contributed by atoms with van der Waals surface area (Å²) in [5.41, 5.74) is 14.4. The third-order valence-electron chi connectivity index (χ3n) is 3.71. The zero-order valence-corrected chi connectivity index (χ0v) is 12.4. The van der Waals surface area contributed by atoms with E-state index in [0.29, 0.717) is 0 Å². The topological polar surface area (TPSA) is 64.1 Å². The smallest absolute Gasteiger partial charge is 0.0491 e.